The van der Waals surface area contributed by atoms with E-state index in [1.807, 2.05) is 6.92 Å². The number of hydrogen-bond acceptors (Lipinski definition) is 3. The summed E-state index contributed by atoms with van der Waals surface area (Å²) in [5.74, 6) is -0.320. The molecule has 2 rings (SSSR count). The Bertz CT molecular complexity index is 479. The first kappa shape index (κ1) is 14.8. The van der Waals surface area contributed by atoms with Crippen LogP contribution in [0.5, 0.6) is 5.75 Å². The van der Waals surface area contributed by atoms with Crippen LogP contribution in [0.1, 0.15) is 32.6 Å². The van der Waals surface area contributed by atoms with Gasteiger partial charge in [-0.15, -0.1) is 0 Å². The zero-order chi connectivity index (χ0) is 14.5. The second-order valence-corrected chi connectivity index (χ2v) is 5.12. The third kappa shape index (κ3) is 3.48. The van der Waals surface area contributed by atoms with Crippen molar-refractivity contribution in [2.45, 2.75) is 38.6 Å². The van der Waals surface area contributed by atoms with Crippen molar-refractivity contribution in [3.8, 4) is 5.75 Å². The fourth-order valence-corrected chi connectivity index (χ4v) is 2.58. The number of nitrogens with two attached hydrogens (primary N) is 1. The second kappa shape index (κ2) is 6.70. The van der Waals surface area contributed by atoms with E-state index in [1.54, 1.807) is 0 Å². The van der Waals surface area contributed by atoms with Crippen LogP contribution in [0.2, 0.25) is 0 Å². The smallest absolute Gasteiger partial charge is 0.229 e. The number of rotatable bonds is 4. The number of halogens is 1. The average Bonchev–Trinajstić information content (AvgIpc) is 2.42. The molecule has 1 aliphatic carbocycles. The largest absolute Gasteiger partial charge is 0.492 e. The Morgan fingerprint density at radius 3 is 2.90 bits per heavy atom. The zero-order valence-corrected chi connectivity index (χ0v) is 11.7. The second-order valence-electron chi connectivity index (χ2n) is 5.12. The normalized spacial score (nSPS) is 22.4. The molecule has 110 valence electrons. The molecule has 0 bridgehead atoms. The predicted molar refractivity (Wildman–Crippen MR) is 76.1 cm³/mol. The molecule has 0 aromatic heterocycles. The van der Waals surface area contributed by atoms with Crippen LogP contribution in [-0.2, 0) is 4.79 Å². The standard InChI is InChI=1S/C15H21FN2O2/c1-2-20-14-9-10(16)7-8-13(14)18-15(19)11-5-3-4-6-12(11)17/h7-9,11-12H,2-6,17H2,1H3,(H,18,19). The molecule has 0 saturated heterocycles. The van der Waals surface area contributed by atoms with Crippen LogP contribution in [-0.4, -0.2) is 18.6 Å². The van der Waals surface area contributed by atoms with Gasteiger partial charge in [0.05, 0.1) is 18.2 Å². The molecular weight excluding hydrogens is 259 g/mol. The first-order chi connectivity index (χ1) is 9.61. The van der Waals surface area contributed by atoms with Crippen molar-refractivity contribution in [2.24, 2.45) is 11.7 Å². The molecular formula is C15H21FN2O2. The van der Waals surface area contributed by atoms with Crippen molar-refractivity contribution < 1.29 is 13.9 Å². The summed E-state index contributed by atoms with van der Waals surface area (Å²) in [4.78, 5) is 12.3. The highest BCUT2D eigenvalue weighted by atomic mass is 19.1. The highest BCUT2D eigenvalue weighted by molar-refractivity contribution is 5.94. The quantitative estimate of drug-likeness (QED) is 0.891. The van der Waals surface area contributed by atoms with Crippen LogP contribution in [0.15, 0.2) is 18.2 Å². The molecule has 1 fully saturated rings. The monoisotopic (exact) mass is 280 g/mol. The summed E-state index contributed by atoms with van der Waals surface area (Å²) < 4.78 is 18.6. The van der Waals surface area contributed by atoms with Gasteiger partial charge < -0.3 is 15.8 Å². The highest BCUT2D eigenvalue weighted by Gasteiger charge is 2.28. The molecule has 0 heterocycles. The van der Waals surface area contributed by atoms with Crippen LogP contribution in [0, 0.1) is 11.7 Å². The van der Waals surface area contributed by atoms with Crippen molar-refractivity contribution in [1.29, 1.82) is 0 Å². The first-order valence-corrected chi connectivity index (χ1v) is 7.10. The minimum Gasteiger partial charge on any atom is -0.492 e. The summed E-state index contributed by atoms with van der Waals surface area (Å²) in [5, 5.41) is 2.81. The number of carbonyl (C=O) groups excluding carboxylic acids is 1. The first-order valence-electron chi connectivity index (χ1n) is 7.10. The lowest BCUT2D eigenvalue weighted by Gasteiger charge is -2.27. The van der Waals surface area contributed by atoms with E-state index in [0.717, 1.165) is 25.7 Å². The fourth-order valence-electron chi connectivity index (χ4n) is 2.58. The van der Waals surface area contributed by atoms with E-state index in [2.05, 4.69) is 5.32 Å². The summed E-state index contributed by atoms with van der Waals surface area (Å²) >= 11 is 0. The molecule has 0 aliphatic heterocycles. The van der Waals surface area contributed by atoms with Gasteiger partial charge in [0.2, 0.25) is 5.91 Å². The van der Waals surface area contributed by atoms with Crippen LogP contribution < -0.4 is 15.8 Å². The Kier molecular flexibility index (Phi) is 4.95. The van der Waals surface area contributed by atoms with Gasteiger partial charge in [-0.1, -0.05) is 12.8 Å². The number of anilines is 1. The molecule has 1 aliphatic rings. The van der Waals surface area contributed by atoms with E-state index in [1.165, 1.54) is 18.2 Å². The van der Waals surface area contributed by atoms with Crippen molar-refractivity contribution in [1.82, 2.24) is 0 Å². The topological polar surface area (TPSA) is 64.3 Å². The molecule has 1 aromatic rings. The van der Waals surface area contributed by atoms with Crippen molar-refractivity contribution >= 4 is 11.6 Å². The Morgan fingerprint density at radius 2 is 2.20 bits per heavy atom. The van der Waals surface area contributed by atoms with Gasteiger partial charge in [-0.3, -0.25) is 4.79 Å². The fraction of sp³-hybridized carbons (Fsp3) is 0.533. The van der Waals surface area contributed by atoms with E-state index in [9.17, 15) is 9.18 Å². The van der Waals surface area contributed by atoms with E-state index in [4.69, 9.17) is 10.5 Å². The number of nitrogens with one attached hydrogen (secondary N) is 1. The number of ether oxygens (including phenoxy) is 1. The number of benzene rings is 1. The van der Waals surface area contributed by atoms with Gasteiger partial charge in [0, 0.05) is 12.1 Å². The maximum atomic E-state index is 13.2. The van der Waals surface area contributed by atoms with Gasteiger partial charge in [-0.25, -0.2) is 4.39 Å². The molecule has 3 N–H and O–H groups in total. The molecule has 2 atom stereocenters. The third-order valence-corrected chi connectivity index (χ3v) is 3.66. The molecule has 1 amide bonds. The lowest BCUT2D eigenvalue weighted by atomic mass is 9.84. The Hall–Kier alpha value is -1.62. The SMILES string of the molecule is CCOc1cc(F)ccc1NC(=O)C1CCCCC1N. The van der Waals surface area contributed by atoms with Crippen LogP contribution in [0.25, 0.3) is 0 Å². The van der Waals surface area contributed by atoms with Gasteiger partial charge in [0.25, 0.3) is 0 Å². The van der Waals surface area contributed by atoms with Crippen molar-refractivity contribution in [3.05, 3.63) is 24.0 Å². The molecule has 5 heteroatoms. The van der Waals surface area contributed by atoms with Gasteiger partial charge in [-0.2, -0.15) is 0 Å². The van der Waals surface area contributed by atoms with Crippen LogP contribution in [0.3, 0.4) is 0 Å². The number of hydrogen-bond donors (Lipinski definition) is 2. The molecule has 2 unspecified atom stereocenters. The third-order valence-electron chi connectivity index (χ3n) is 3.66. The van der Waals surface area contributed by atoms with E-state index in [-0.39, 0.29) is 23.7 Å². The molecule has 1 saturated carbocycles. The molecule has 0 radical (unpaired) electrons. The lowest BCUT2D eigenvalue weighted by Crippen LogP contribution is -2.40. The number of amides is 1. The maximum Gasteiger partial charge on any atom is 0.229 e. The minimum absolute atomic E-state index is 0.0975. The summed E-state index contributed by atoms with van der Waals surface area (Å²) in [6.45, 7) is 2.23. The molecule has 20 heavy (non-hydrogen) atoms. The van der Waals surface area contributed by atoms with Gasteiger partial charge in [0.15, 0.2) is 0 Å². The van der Waals surface area contributed by atoms with E-state index >= 15 is 0 Å². The Morgan fingerprint density at radius 1 is 1.45 bits per heavy atom. The zero-order valence-electron chi connectivity index (χ0n) is 11.7. The molecule has 0 spiro atoms. The van der Waals surface area contributed by atoms with Gasteiger partial charge >= 0.3 is 0 Å². The maximum absolute atomic E-state index is 13.2. The summed E-state index contributed by atoms with van der Waals surface area (Å²) in [7, 11) is 0. The van der Waals surface area contributed by atoms with Crippen LogP contribution >= 0.6 is 0 Å². The highest BCUT2D eigenvalue weighted by Crippen LogP contribution is 2.28. The van der Waals surface area contributed by atoms with Crippen molar-refractivity contribution in [2.75, 3.05) is 11.9 Å². The predicted octanol–water partition coefficient (Wildman–Crippen LogP) is 2.68. The van der Waals surface area contributed by atoms with Crippen molar-refractivity contribution in [3.63, 3.8) is 0 Å². The van der Waals surface area contributed by atoms with Gasteiger partial charge in [-0.05, 0) is 31.9 Å². The minimum atomic E-state index is -0.388. The van der Waals surface area contributed by atoms with Crippen LogP contribution in [0.4, 0.5) is 10.1 Å². The molecule has 4 nitrogen and oxygen atoms in total. The summed E-state index contributed by atoms with van der Waals surface area (Å²) in [5.41, 5.74) is 6.50. The van der Waals surface area contributed by atoms with E-state index in [0.29, 0.717) is 18.0 Å². The average molecular weight is 280 g/mol. The Balaban J connectivity index is 2.10. The summed E-state index contributed by atoms with van der Waals surface area (Å²) in [6, 6.07) is 4.01. The Labute approximate surface area is 118 Å². The summed E-state index contributed by atoms with van der Waals surface area (Å²) in [6.07, 6.45) is 3.77. The lowest BCUT2D eigenvalue weighted by molar-refractivity contribution is -0.121. The van der Waals surface area contributed by atoms with E-state index < -0.39 is 0 Å². The molecule has 1 aromatic carbocycles. The number of carbonyl (C=O) groups is 1. The van der Waals surface area contributed by atoms with Gasteiger partial charge in [0.1, 0.15) is 11.6 Å².